The molecule has 0 amide bonds. The van der Waals surface area contributed by atoms with E-state index in [1.54, 1.807) is 0 Å². The van der Waals surface area contributed by atoms with Crippen LogP contribution in [0.25, 0.3) is 0 Å². The third-order valence-corrected chi connectivity index (χ3v) is 1.45. The largest absolute Gasteiger partial charge is 0.298 e. The molecule has 0 rings (SSSR count). The Bertz CT molecular complexity index is 364. The van der Waals surface area contributed by atoms with Gasteiger partial charge in [-0.3, -0.25) is 5.73 Å². The minimum atomic E-state index is -2.45. The lowest BCUT2D eigenvalue weighted by Crippen LogP contribution is -2.51. The van der Waals surface area contributed by atoms with E-state index in [4.69, 9.17) is 32.0 Å². The summed E-state index contributed by atoms with van der Waals surface area (Å²) in [6.45, 7) is 0. The lowest BCUT2D eigenvalue weighted by molar-refractivity contribution is 0.498. The fraction of sp³-hybridized carbons (Fsp3) is 0.286. The first kappa shape index (κ1) is 10.4. The van der Waals surface area contributed by atoms with Gasteiger partial charge in [-0.25, -0.2) is 0 Å². The topological polar surface area (TPSA) is 145 Å². The molecule has 0 spiro atoms. The Hall–Kier alpha value is -2.59. The van der Waals surface area contributed by atoms with Crippen LogP contribution in [0.3, 0.4) is 0 Å². The molecule has 0 aromatic heterocycles. The third-order valence-electron chi connectivity index (χ3n) is 1.45. The molecule has 2 N–H and O–H groups in total. The molecule has 0 heterocycles. The van der Waals surface area contributed by atoms with Gasteiger partial charge in [0, 0.05) is 0 Å². The molecule has 6 nitrogen and oxygen atoms in total. The van der Waals surface area contributed by atoms with E-state index in [0.717, 1.165) is 0 Å². The molecule has 0 bridgehead atoms. The molecule has 0 aliphatic carbocycles. The zero-order valence-electron chi connectivity index (χ0n) is 6.31. The second-order valence-electron chi connectivity index (χ2n) is 2.12. The van der Waals surface area contributed by atoms with Crippen molar-refractivity contribution < 1.29 is 0 Å². The van der Waals surface area contributed by atoms with Gasteiger partial charge < -0.3 is 0 Å². The smallest absolute Gasteiger partial charge is 0.272 e. The van der Waals surface area contributed by atoms with Crippen LogP contribution in [0.1, 0.15) is 0 Å². The van der Waals surface area contributed by atoms with E-state index in [0.29, 0.717) is 0 Å². The van der Waals surface area contributed by atoms with Crippen LogP contribution >= 0.6 is 0 Å². The van der Waals surface area contributed by atoms with Gasteiger partial charge in [-0.15, -0.1) is 0 Å². The van der Waals surface area contributed by atoms with Gasteiger partial charge in [0.15, 0.2) is 0 Å². The van der Waals surface area contributed by atoms with Gasteiger partial charge >= 0.3 is 0 Å². The highest BCUT2D eigenvalue weighted by Crippen LogP contribution is 2.26. The first-order chi connectivity index (χ1) is 6.05. The molecule has 0 fully saturated rings. The van der Waals surface area contributed by atoms with Gasteiger partial charge in [0.05, 0.1) is 0 Å². The monoisotopic (exact) mass is 170 g/mol. The summed E-state index contributed by atoms with van der Waals surface area (Å²) in [5, 5.41) is 42.4. The van der Waals surface area contributed by atoms with Gasteiger partial charge in [0.1, 0.15) is 30.3 Å². The van der Waals surface area contributed by atoms with Crippen LogP contribution in [0.4, 0.5) is 0 Å². The Kier molecular flexibility index (Phi) is 2.57. The van der Waals surface area contributed by atoms with E-state index in [-0.39, 0.29) is 0 Å². The number of hydrogen-bond donors (Lipinski definition) is 1. The molecule has 13 heavy (non-hydrogen) atoms. The van der Waals surface area contributed by atoms with Crippen molar-refractivity contribution in [2.24, 2.45) is 11.1 Å². The van der Waals surface area contributed by atoms with Crippen molar-refractivity contribution >= 4 is 0 Å². The summed E-state index contributed by atoms with van der Waals surface area (Å²) in [5.74, 6) is 0. The minimum absolute atomic E-state index is 1.27. The van der Waals surface area contributed by atoms with E-state index in [9.17, 15) is 0 Å². The van der Waals surface area contributed by atoms with Crippen molar-refractivity contribution in [2.45, 2.75) is 5.54 Å². The van der Waals surface area contributed by atoms with Crippen LogP contribution in [0, 0.1) is 62.1 Å². The van der Waals surface area contributed by atoms with Crippen molar-refractivity contribution in [1.29, 1.82) is 26.3 Å². The molecule has 0 aromatic rings. The Morgan fingerprint density at radius 3 is 1.08 bits per heavy atom. The van der Waals surface area contributed by atoms with E-state index >= 15 is 0 Å². The quantitative estimate of drug-likeness (QED) is 0.549. The summed E-state index contributed by atoms with van der Waals surface area (Å²) in [7, 11) is 0. The highest BCUT2D eigenvalue weighted by molar-refractivity contribution is 5.45. The molecule has 0 saturated heterocycles. The van der Waals surface area contributed by atoms with Crippen LogP contribution in [0.15, 0.2) is 0 Å². The zero-order valence-corrected chi connectivity index (χ0v) is 6.31. The average Bonchev–Trinajstić information content (AvgIpc) is 2.20. The van der Waals surface area contributed by atoms with Crippen molar-refractivity contribution in [1.82, 2.24) is 0 Å². The summed E-state index contributed by atoms with van der Waals surface area (Å²) in [4.78, 5) is 0. The van der Waals surface area contributed by atoms with E-state index in [1.807, 2.05) is 0 Å². The SMILES string of the molecule is N#CC(N)(C#N)C(C#N)(C#N)C#N. The van der Waals surface area contributed by atoms with Crippen molar-refractivity contribution in [3.05, 3.63) is 0 Å². The summed E-state index contributed by atoms with van der Waals surface area (Å²) in [6.07, 6.45) is 0. The number of nitrogens with two attached hydrogens (primary N) is 1. The van der Waals surface area contributed by atoms with Gasteiger partial charge in [0.25, 0.3) is 5.41 Å². The van der Waals surface area contributed by atoms with Gasteiger partial charge in [0.2, 0.25) is 5.54 Å². The fourth-order valence-electron chi connectivity index (χ4n) is 0.532. The van der Waals surface area contributed by atoms with Crippen molar-refractivity contribution in [2.75, 3.05) is 0 Å². The molecule has 0 aromatic carbocycles. The Morgan fingerprint density at radius 1 is 0.692 bits per heavy atom. The molecule has 0 saturated carbocycles. The van der Waals surface area contributed by atoms with Gasteiger partial charge in [-0.05, 0) is 0 Å². The highest BCUT2D eigenvalue weighted by atomic mass is 14.8. The van der Waals surface area contributed by atoms with Gasteiger partial charge in [-0.1, -0.05) is 0 Å². The van der Waals surface area contributed by atoms with Crippen molar-refractivity contribution in [3.8, 4) is 30.3 Å². The predicted molar refractivity (Wildman–Crippen MR) is 37.4 cm³/mol. The maximum absolute atomic E-state index is 8.50. The summed E-state index contributed by atoms with van der Waals surface area (Å²) in [5.41, 5.74) is 0.244. The van der Waals surface area contributed by atoms with Crippen molar-refractivity contribution in [3.63, 3.8) is 0 Å². The molecular formula is C7H2N6. The molecule has 6 heteroatoms. The molecule has 0 atom stereocenters. The maximum Gasteiger partial charge on any atom is 0.272 e. The lowest BCUT2D eigenvalue weighted by atomic mass is 9.75. The Labute approximate surface area is 74.2 Å². The second kappa shape index (κ2) is 3.21. The maximum atomic E-state index is 8.50. The van der Waals surface area contributed by atoms with Crippen LogP contribution < -0.4 is 5.73 Å². The predicted octanol–water partition coefficient (Wildman–Crippen LogP) is -0.712. The Morgan fingerprint density at radius 2 is 1.00 bits per heavy atom. The first-order valence-electron chi connectivity index (χ1n) is 2.91. The fourth-order valence-corrected chi connectivity index (χ4v) is 0.532. The lowest BCUT2D eigenvalue weighted by Gasteiger charge is -2.19. The second-order valence-corrected chi connectivity index (χ2v) is 2.12. The molecule has 0 unspecified atom stereocenters. The highest BCUT2D eigenvalue weighted by Gasteiger charge is 2.53. The Balaban J connectivity index is 5.72. The average molecular weight is 170 g/mol. The van der Waals surface area contributed by atoms with E-state index in [2.05, 4.69) is 0 Å². The van der Waals surface area contributed by atoms with Crippen LogP contribution in [-0.4, -0.2) is 5.54 Å². The first-order valence-corrected chi connectivity index (χ1v) is 2.91. The summed E-state index contributed by atoms with van der Waals surface area (Å²) in [6, 6.07) is 6.34. The number of nitrogens with zero attached hydrogens (tertiary/aromatic N) is 5. The standard InChI is InChI=1S/C7H2N6/c8-1-6(2-9,3-10)7(13,4-11)5-12/h13H2. The van der Waals surface area contributed by atoms with Crippen LogP contribution in [0.2, 0.25) is 0 Å². The number of rotatable bonds is 1. The number of nitriles is 5. The van der Waals surface area contributed by atoms with Crippen LogP contribution in [-0.2, 0) is 0 Å². The zero-order chi connectivity index (χ0) is 10.5. The minimum Gasteiger partial charge on any atom is -0.298 e. The summed E-state index contributed by atoms with van der Waals surface area (Å²) >= 11 is 0. The molecule has 0 aliphatic rings. The molecular weight excluding hydrogens is 168 g/mol. The van der Waals surface area contributed by atoms with E-state index < -0.39 is 11.0 Å². The number of hydrogen-bond acceptors (Lipinski definition) is 6. The van der Waals surface area contributed by atoms with Crippen LogP contribution in [0.5, 0.6) is 0 Å². The molecule has 0 aliphatic heterocycles. The normalized spacial score (nSPS) is 9.54. The third kappa shape index (κ3) is 1.13. The summed E-state index contributed by atoms with van der Waals surface area (Å²) < 4.78 is 0. The van der Waals surface area contributed by atoms with Gasteiger partial charge in [-0.2, -0.15) is 26.3 Å². The molecule has 60 valence electrons. The van der Waals surface area contributed by atoms with E-state index in [1.165, 1.54) is 30.3 Å². The molecule has 0 radical (unpaired) electrons.